The Bertz CT molecular complexity index is 798. The molecule has 0 aliphatic carbocycles. The molecule has 1 aliphatic heterocycles. The minimum atomic E-state index is -4.33. The minimum Gasteiger partial charge on any atom is -0.480 e. The molecular weight excluding hydrogens is 326 g/mol. The van der Waals surface area contributed by atoms with Gasteiger partial charge in [0.2, 0.25) is 10.0 Å². The van der Waals surface area contributed by atoms with Crippen molar-refractivity contribution >= 4 is 21.7 Å². The van der Waals surface area contributed by atoms with E-state index in [4.69, 9.17) is 5.26 Å². The van der Waals surface area contributed by atoms with E-state index in [-0.39, 0.29) is 13.0 Å². The fourth-order valence-electron chi connectivity index (χ4n) is 2.56. The number of carboxylic acid groups (broad SMARTS) is 1. The van der Waals surface area contributed by atoms with Crippen LogP contribution >= 0.6 is 0 Å². The molecule has 10 heteroatoms. The van der Waals surface area contributed by atoms with E-state index < -0.39 is 43.1 Å². The van der Waals surface area contributed by atoms with Gasteiger partial charge in [0.15, 0.2) is 0 Å². The van der Waals surface area contributed by atoms with Gasteiger partial charge in [0, 0.05) is 12.6 Å². The Balaban J connectivity index is 2.60. The van der Waals surface area contributed by atoms with E-state index >= 15 is 0 Å². The fraction of sp³-hybridized carbons (Fsp3) is 0.385. The standard InChI is InChI=1S/C13H13N3O6S/c14-8-9-10(16(19)20)5-3-6-12(9)23(21,22)15-7-2-1-4-11(15)13(17)18/h3,5-6,11H,1-2,4,7H2,(H,17,18). The van der Waals surface area contributed by atoms with Gasteiger partial charge in [-0.1, -0.05) is 6.07 Å². The Morgan fingerprint density at radius 3 is 2.70 bits per heavy atom. The van der Waals surface area contributed by atoms with E-state index in [1.165, 1.54) is 6.07 Å². The summed E-state index contributed by atoms with van der Waals surface area (Å²) in [7, 11) is -4.33. The normalized spacial score (nSPS) is 19.0. The number of benzene rings is 1. The first-order chi connectivity index (χ1) is 10.8. The predicted octanol–water partition coefficient (Wildman–Crippen LogP) is 1.09. The second-order valence-electron chi connectivity index (χ2n) is 4.98. The van der Waals surface area contributed by atoms with Gasteiger partial charge in [0.25, 0.3) is 5.69 Å². The quantitative estimate of drug-likeness (QED) is 0.639. The highest BCUT2D eigenvalue weighted by Gasteiger charge is 2.39. The van der Waals surface area contributed by atoms with Gasteiger partial charge >= 0.3 is 5.97 Å². The van der Waals surface area contributed by atoms with Crippen LogP contribution in [0, 0.1) is 21.4 Å². The number of carboxylic acids is 1. The van der Waals surface area contributed by atoms with Gasteiger partial charge in [-0.15, -0.1) is 0 Å². The zero-order valence-corrected chi connectivity index (χ0v) is 12.7. The molecular formula is C13H13N3O6S. The summed E-state index contributed by atoms with van der Waals surface area (Å²) in [6.45, 7) is -0.00708. The Labute approximate surface area is 132 Å². The number of piperidine rings is 1. The maximum absolute atomic E-state index is 12.7. The molecule has 0 saturated carbocycles. The molecule has 2 rings (SSSR count). The number of rotatable bonds is 4. The number of aliphatic carboxylic acids is 1. The lowest BCUT2D eigenvalue weighted by Crippen LogP contribution is -2.48. The molecule has 1 saturated heterocycles. The van der Waals surface area contributed by atoms with E-state index in [2.05, 4.69) is 0 Å². The highest BCUT2D eigenvalue weighted by atomic mass is 32.2. The predicted molar refractivity (Wildman–Crippen MR) is 77.0 cm³/mol. The number of sulfonamides is 1. The molecule has 1 aromatic carbocycles. The number of carbonyl (C=O) groups is 1. The van der Waals surface area contributed by atoms with Crippen LogP contribution in [0.1, 0.15) is 24.8 Å². The molecule has 1 heterocycles. The Morgan fingerprint density at radius 2 is 2.13 bits per heavy atom. The van der Waals surface area contributed by atoms with Gasteiger partial charge in [-0.25, -0.2) is 8.42 Å². The third-order valence-corrected chi connectivity index (χ3v) is 5.59. The van der Waals surface area contributed by atoms with Gasteiger partial charge in [-0.2, -0.15) is 9.57 Å². The summed E-state index contributed by atoms with van der Waals surface area (Å²) >= 11 is 0. The van der Waals surface area contributed by atoms with Crippen molar-refractivity contribution in [3.63, 3.8) is 0 Å². The van der Waals surface area contributed by atoms with Crippen LogP contribution in [0.2, 0.25) is 0 Å². The van der Waals surface area contributed by atoms with Crippen molar-refractivity contribution in [1.82, 2.24) is 4.31 Å². The van der Waals surface area contributed by atoms with E-state index in [0.717, 1.165) is 22.5 Å². The van der Waals surface area contributed by atoms with Crippen molar-refractivity contribution in [2.45, 2.75) is 30.2 Å². The molecule has 0 bridgehead atoms. The number of nitro benzene ring substituents is 1. The Hall–Kier alpha value is -2.51. The number of nitriles is 1. The highest BCUT2D eigenvalue weighted by Crippen LogP contribution is 2.31. The van der Waals surface area contributed by atoms with Crippen LogP contribution in [0.3, 0.4) is 0 Å². The van der Waals surface area contributed by atoms with Crippen LogP contribution in [-0.2, 0) is 14.8 Å². The molecule has 23 heavy (non-hydrogen) atoms. The van der Waals surface area contributed by atoms with Crippen molar-refractivity contribution in [2.24, 2.45) is 0 Å². The van der Waals surface area contributed by atoms with Crippen LogP contribution in [0.4, 0.5) is 5.69 Å². The highest BCUT2D eigenvalue weighted by molar-refractivity contribution is 7.89. The lowest BCUT2D eigenvalue weighted by atomic mass is 10.1. The third kappa shape index (κ3) is 3.01. The summed E-state index contributed by atoms with van der Waals surface area (Å²) in [5.74, 6) is -1.28. The molecule has 1 aliphatic rings. The van der Waals surface area contributed by atoms with Crippen molar-refractivity contribution < 1.29 is 23.2 Å². The average Bonchev–Trinajstić information content (AvgIpc) is 2.53. The van der Waals surface area contributed by atoms with E-state index in [1.807, 2.05) is 0 Å². The van der Waals surface area contributed by atoms with Crippen molar-refractivity contribution in [3.05, 3.63) is 33.9 Å². The van der Waals surface area contributed by atoms with Gasteiger partial charge in [0.05, 0.1) is 4.92 Å². The van der Waals surface area contributed by atoms with Crippen LogP contribution in [-0.4, -0.2) is 41.3 Å². The SMILES string of the molecule is N#Cc1c([N+](=O)[O-])cccc1S(=O)(=O)N1CCCCC1C(=O)O. The minimum absolute atomic E-state index is 0.00708. The molecule has 122 valence electrons. The van der Waals surface area contributed by atoms with Crippen LogP contribution in [0.15, 0.2) is 23.1 Å². The zero-order chi connectivity index (χ0) is 17.2. The van der Waals surface area contributed by atoms with Crippen molar-refractivity contribution in [2.75, 3.05) is 6.54 Å². The molecule has 1 fully saturated rings. The number of nitrogens with zero attached hydrogens (tertiary/aromatic N) is 3. The smallest absolute Gasteiger partial charge is 0.322 e. The van der Waals surface area contributed by atoms with Crippen molar-refractivity contribution in [1.29, 1.82) is 5.26 Å². The van der Waals surface area contributed by atoms with Gasteiger partial charge in [-0.05, 0) is 25.3 Å². The molecule has 1 atom stereocenters. The van der Waals surface area contributed by atoms with E-state index in [0.29, 0.717) is 12.8 Å². The monoisotopic (exact) mass is 339 g/mol. The molecule has 0 aromatic heterocycles. The van der Waals surface area contributed by atoms with Crippen LogP contribution < -0.4 is 0 Å². The summed E-state index contributed by atoms with van der Waals surface area (Å²) < 4.78 is 26.3. The Morgan fingerprint density at radius 1 is 1.43 bits per heavy atom. The van der Waals surface area contributed by atoms with Crippen LogP contribution in [0.25, 0.3) is 0 Å². The number of hydrogen-bond donors (Lipinski definition) is 1. The molecule has 9 nitrogen and oxygen atoms in total. The average molecular weight is 339 g/mol. The molecule has 0 spiro atoms. The van der Waals surface area contributed by atoms with Gasteiger partial charge in [0.1, 0.15) is 22.6 Å². The molecule has 1 N–H and O–H groups in total. The first-order valence-electron chi connectivity index (χ1n) is 6.73. The first-order valence-corrected chi connectivity index (χ1v) is 8.17. The summed E-state index contributed by atoms with van der Waals surface area (Å²) in [6.07, 6.45) is 1.22. The summed E-state index contributed by atoms with van der Waals surface area (Å²) in [6, 6.07) is 3.57. The third-order valence-electron chi connectivity index (χ3n) is 3.64. The molecule has 1 aromatic rings. The van der Waals surface area contributed by atoms with E-state index in [9.17, 15) is 28.4 Å². The first kappa shape index (κ1) is 16.9. The number of hydrogen-bond acceptors (Lipinski definition) is 6. The molecule has 0 amide bonds. The van der Waals surface area contributed by atoms with Gasteiger partial charge < -0.3 is 5.11 Å². The van der Waals surface area contributed by atoms with Crippen molar-refractivity contribution in [3.8, 4) is 6.07 Å². The summed E-state index contributed by atoms with van der Waals surface area (Å²) in [4.78, 5) is 20.9. The summed E-state index contributed by atoms with van der Waals surface area (Å²) in [5.41, 5.74) is -1.22. The zero-order valence-electron chi connectivity index (χ0n) is 11.9. The maximum atomic E-state index is 12.7. The molecule has 0 radical (unpaired) electrons. The lowest BCUT2D eigenvalue weighted by molar-refractivity contribution is -0.385. The largest absolute Gasteiger partial charge is 0.480 e. The lowest BCUT2D eigenvalue weighted by Gasteiger charge is -2.31. The van der Waals surface area contributed by atoms with Gasteiger partial charge in [-0.3, -0.25) is 14.9 Å². The van der Waals surface area contributed by atoms with Crippen LogP contribution in [0.5, 0.6) is 0 Å². The van der Waals surface area contributed by atoms with E-state index in [1.54, 1.807) is 0 Å². The topological polar surface area (TPSA) is 142 Å². The molecule has 1 unspecified atom stereocenters. The fourth-order valence-corrected chi connectivity index (χ4v) is 4.38. The second kappa shape index (κ2) is 6.31. The Kier molecular flexibility index (Phi) is 4.63. The number of nitro groups is 1. The maximum Gasteiger partial charge on any atom is 0.322 e. The second-order valence-corrected chi connectivity index (χ2v) is 6.84. The summed E-state index contributed by atoms with van der Waals surface area (Å²) in [5, 5.41) is 29.3.